The number of carbonyl (C=O) groups is 2. The molecule has 0 atom stereocenters. The number of nitrogens with one attached hydrogen (secondary N) is 1. The molecule has 4 rings (SSSR count). The lowest BCUT2D eigenvalue weighted by atomic mass is 9.68. The molecule has 3 N–H and O–H groups in total. The molecule has 0 bridgehead atoms. The van der Waals surface area contributed by atoms with Crippen LogP contribution in [-0.4, -0.2) is 20.0 Å². The third-order valence-electron chi connectivity index (χ3n) is 4.24. The van der Waals surface area contributed by atoms with E-state index < -0.39 is 0 Å². The first-order valence-corrected chi connectivity index (χ1v) is 12.1. The third-order valence-corrected chi connectivity index (χ3v) is 4.96. The van der Waals surface area contributed by atoms with Gasteiger partial charge in [-0.25, -0.2) is 0 Å². The summed E-state index contributed by atoms with van der Waals surface area (Å²) in [6.07, 6.45) is 0.792. The molecule has 0 aliphatic heterocycles. The smallest absolute Gasteiger partial charge is 0.251 e. The number of amides is 1. The van der Waals surface area contributed by atoms with Crippen molar-refractivity contribution in [2.24, 2.45) is 5.73 Å². The van der Waals surface area contributed by atoms with Crippen molar-refractivity contribution in [3.05, 3.63) is 142 Å². The monoisotopic (exact) mass is 591 g/mol. The molecule has 0 unspecified atom stereocenters. The number of halogens is 1. The Labute approximate surface area is 230 Å². The summed E-state index contributed by atoms with van der Waals surface area (Å²) in [7, 11) is 4.66. The number of benzene rings is 4. The Kier molecular flexibility index (Phi) is 20.3. The van der Waals surface area contributed by atoms with Crippen LogP contribution >= 0.6 is 22.6 Å². The van der Waals surface area contributed by atoms with E-state index in [1.54, 1.807) is 12.1 Å². The summed E-state index contributed by atoms with van der Waals surface area (Å²) in [4.78, 5) is 20.8. The number of hydrogen-bond donors (Lipinski definition) is 2. The largest absolute Gasteiger partial charge is 0.348 e. The van der Waals surface area contributed by atoms with Crippen molar-refractivity contribution in [1.29, 1.82) is 0 Å². The highest BCUT2D eigenvalue weighted by atomic mass is 127. The maximum absolute atomic E-state index is 11.7. The van der Waals surface area contributed by atoms with Crippen LogP contribution < -0.4 is 11.1 Å². The minimum Gasteiger partial charge on any atom is -0.348 e. The lowest BCUT2D eigenvalue weighted by molar-refractivity contribution is -0.106. The molecule has 0 saturated heterocycles. The maximum atomic E-state index is 11.7. The second-order valence-corrected chi connectivity index (χ2v) is 8.17. The Morgan fingerprint density at radius 1 is 0.750 bits per heavy atom. The summed E-state index contributed by atoms with van der Waals surface area (Å²) < 4.78 is 1.29. The van der Waals surface area contributed by atoms with Gasteiger partial charge in [-0.15, -0.1) is 0 Å². The van der Waals surface area contributed by atoms with E-state index in [-0.39, 0.29) is 19.7 Å². The van der Waals surface area contributed by atoms with Crippen LogP contribution in [0.3, 0.4) is 0 Å². The average molecular weight is 591 g/mol. The zero-order valence-electron chi connectivity index (χ0n) is 19.6. The molecule has 4 aromatic rings. The Morgan fingerprint density at radius 3 is 1.47 bits per heavy atom. The zero-order chi connectivity index (χ0) is 25.6. The van der Waals surface area contributed by atoms with E-state index >= 15 is 0 Å². The predicted molar refractivity (Wildman–Crippen MR) is 161 cm³/mol. The molecule has 0 saturated carbocycles. The van der Waals surface area contributed by atoms with Crippen molar-refractivity contribution in [3.8, 4) is 0 Å². The standard InChI is InChI=1S/C14H13NO.C7H9N.C6H5I.C2H3BO.CH4/c16-14(13-9-5-2-6-10-13)15-11-12-7-3-1-4-8-12;8-6-7-4-2-1-3-5-7;7-6-4-2-1-3-5-6;3-1-2-4;/h1-10H,11H2,(H,15,16);1-5H,6,8H2;1-5H;2H,1H2;1H4/i;;;1-1;. The van der Waals surface area contributed by atoms with Gasteiger partial charge in [0, 0.05) is 22.2 Å². The van der Waals surface area contributed by atoms with Gasteiger partial charge in [-0.3, -0.25) is 4.79 Å². The van der Waals surface area contributed by atoms with Crippen LogP contribution in [0, 0.1) is 3.57 Å². The maximum Gasteiger partial charge on any atom is 0.251 e. The highest BCUT2D eigenvalue weighted by Crippen LogP contribution is 2.01. The molecule has 0 fully saturated rings. The van der Waals surface area contributed by atoms with E-state index in [0.29, 0.717) is 24.9 Å². The molecule has 4 nitrogen and oxygen atoms in total. The molecule has 0 spiro atoms. The van der Waals surface area contributed by atoms with Crippen LogP contribution in [0.25, 0.3) is 0 Å². The minimum atomic E-state index is -0.0375. The first kappa shape index (κ1) is 32.8. The van der Waals surface area contributed by atoms with Crippen molar-refractivity contribution in [3.63, 3.8) is 0 Å². The fraction of sp³-hybridized carbons (Fsp3) is 0.133. The fourth-order valence-electron chi connectivity index (χ4n) is 2.50. The number of nitrogens with two attached hydrogens (primary N) is 1. The minimum absolute atomic E-state index is 0. The van der Waals surface area contributed by atoms with Gasteiger partial charge < -0.3 is 15.8 Å². The Balaban J connectivity index is 0.000000515. The molecule has 0 heterocycles. The first-order chi connectivity index (χ1) is 17.1. The van der Waals surface area contributed by atoms with Gasteiger partial charge in [-0.1, -0.05) is 104 Å². The molecule has 36 heavy (non-hydrogen) atoms. The van der Waals surface area contributed by atoms with Crippen LogP contribution in [0.5, 0.6) is 0 Å². The van der Waals surface area contributed by atoms with Crippen LogP contribution in [0.2, 0.25) is 6.32 Å². The summed E-state index contributed by atoms with van der Waals surface area (Å²) in [5, 5.41) is 2.88. The molecule has 0 aliphatic carbocycles. The molecule has 0 aliphatic rings. The van der Waals surface area contributed by atoms with Crippen molar-refractivity contribution < 1.29 is 9.59 Å². The SMILES string of the molecule is C.Ic1ccccc1.NCc1ccccc1.O=C(NCc1ccccc1)c1ccccc1.[B][11CH2]C=O. The summed E-state index contributed by atoms with van der Waals surface area (Å²) in [6, 6.07) is 39.3. The molecule has 0 aromatic heterocycles. The number of aldehydes is 1. The summed E-state index contributed by atoms with van der Waals surface area (Å²) in [5.41, 5.74) is 8.33. The Hall–Kier alpha value is -3.23. The molecule has 186 valence electrons. The van der Waals surface area contributed by atoms with Crippen LogP contribution in [0.15, 0.2) is 121 Å². The van der Waals surface area contributed by atoms with Crippen molar-refractivity contribution in [2.75, 3.05) is 0 Å². The Morgan fingerprint density at radius 2 is 1.14 bits per heavy atom. The fourth-order valence-corrected chi connectivity index (χ4v) is 2.91. The van der Waals surface area contributed by atoms with E-state index in [9.17, 15) is 4.79 Å². The molecular weight excluding hydrogens is 557 g/mol. The van der Waals surface area contributed by atoms with Gasteiger partial charge in [0.05, 0.1) is 7.85 Å². The molecule has 6 heteroatoms. The predicted octanol–water partition coefficient (Wildman–Crippen LogP) is 6.46. The average Bonchev–Trinajstić information content (AvgIpc) is 2.94. The van der Waals surface area contributed by atoms with Gasteiger partial charge in [0.1, 0.15) is 6.29 Å². The third kappa shape index (κ3) is 16.4. The topological polar surface area (TPSA) is 72.2 Å². The number of rotatable bonds is 5. The van der Waals surface area contributed by atoms with Gasteiger partial charge in [-0.05, 0) is 64.3 Å². The van der Waals surface area contributed by atoms with E-state index in [1.807, 2.05) is 97.1 Å². The second kappa shape index (κ2) is 22.3. The summed E-state index contributed by atoms with van der Waals surface area (Å²) in [6.45, 7) is 1.20. The van der Waals surface area contributed by atoms with Crippen molar-refractivity contribution in [1.82, 2.24) is 5.32 Å². The highest BCUT2D eigenvalue weighted by Gasteiger charge is 2.02. The van der Waals surface area contributed by atoms with Gasteiger partial charge in [0.25, 0.3) is 5.91 Å². The summed E-state index contributed by atoms with van der Waals surface area (Å²) >= 11 is 2.28. The van der Waals surface area contributed by atoms with E-state index in [4.69, 9.17) is 10.5 Å². The van der Waals surface area contributed by atoms with Gasteiger partial charge in [-0.2, -0.15) is 0 Å². The van der Waals surface area contributed by atoms with E-state index in [1.165, 1.54) is 9.13 Å². The molecular formula is C30H34BIN2O2. The van der Waals surface area contributed by atoms with Gasteiger partial charge >= 0.3 is 0 Å². The van der Waals surface area contributed by atoms with Crippen molar-refractivity contribution >= 4 is 42.6 Å². The van der Waals surface area contributed by atoms with Gasteiger partial charge in [0.2, 0.25) is 0 Å². The molecule has 4 aromatic carbocycles. The van der Waals surface area contributed by atoms with Gasteiger partial charge in [0.15, 0.2) is 0 Å². The van der Waals surface area contributed by atoms with E-state index in [0.717, 1.165) is 5.56 Å². The molecule has 1 amide bonds. The summed E-state index contributed by atoms with van der Waals surface area (Å²) in [5.74, 6) is -0.0375. The van der Waals surface area contributed by atoms with Crippen LogP contribution in [0.4, 0.5) is 0 Å². The molecule has 2 radical (unpaired) electrons. The van der Waals surface area contributed by atoms with Crippen LogP contribution in [0.1, 0.15) is 28.9 Å². The zero-order valence-corrected chi connectivity index (χ0v) is 21.8. The number of carbonyl (C=O) groups excluding carboxylic acids is 2. The normalized spacial score (nSPS) is 8.72. The lowest BCUT2D eigenvalue weighted by Crippen LogP contribution is -2.22. The Bertz CT molecular complexity index is 1050. The second-order valence-electron chi connectivity index (χ2n) is 6.92. The lowest BCUT2D eigenvalue weighted by Gasteiger charge is -2.04. The van der Waals surface area contributed by atoms with E-state index in [2.05, 4.69) is 47.9 Å². The highest BCUT2D eigenvalue weighted by molar-refractivity contribution is 14.1. The van der Waals surface area contributed by atoms with Crippen LogP contribution in [-0.2, 0) is 17.9 Å². The van der Waals surface area contributed by atoms with Crippen molar-refractivity contribution in [2.45, 2.75) is 26.8 Å². The number of hydrogen-bond acceptors (Lipinski definition) is 3. The first-order valence-electron chi connectivity index (χ1n) is 11.1. The quantitative estimate of drug-likeness (QED) is 0.159.